The molecule has 1 aromatic carbocycles. The van der Waals surface area contributed by atoms with E-state index in [2.05, 4.69) is 18.3 Å². The van der Waals surface area contributed by atoms with Gasteiger partial charge in [-0.1, -0.05) is 31.9 Å². The lowest BCUT2D eigenvalue weighted by molar-refractivity contribution is 0.361. The van der Waals surface area contributed by atoms with Gasteiger partial charge in [-0.05, 0) is 29.9 Å². The van der Waals surface area contributed by atoms with Gasteiger partial charge < -0.3 is 5.32 Å². The number of anilines is 1. The van der Waals surface area contributed by atoms with Gasteiger partial charge in [-0.3, -0.25) is 0 Å². The number of halogens is 1. The molecule has 1 fully saturated rings. The molecule has 1 aliphatic heterocycles. The molecule has 0 bridgehead atoms. The highest BCUT2D eigenvalue weighted by molar-refractivity contribution is 5.59. The third kappa shape index (κ3) is 1.43. The molecule has 3 unspecified atom stereocenters. The van der Waals surface area contributed by atoms with Crippen molar-refractivity contribution >= 4 is 5.69 Å². The number of fused-ring (bicyclic) bond motifs is 1. The van der Waals surface area contributed by atoms with Crippen molar-refractivity contribution in [2.24, 2.45) is 11.8 Å². The fourth-order valence-electron chi connectivity index (χ4n) is 3.51. The van der Waals surface area contributed by atoms with Crippen molar-refractivity contribution in [3.8, 4) is 0 Å². The van der Waals surface area contributed by atoms with Crippen molar-refractivity contribution in [2.45, 2.75) is 32.1 Å². The van der Waals surface area contributed by atoms with E-state index in [9.17, 15) is 4.39 Å². The molecule has 0 aromatic heterocycles. The molecule has 1 aliphatic carbocycles. The molecule has 3 atom stereocenters. The number of rotatable bonds is 1. The van der Waals surface area contributed by atoms with Crippen LogP contribution >= 0.6 is 0 Å². The van der Waals surface area contributed by atoms with E-state index in [1.165, 1.54) is 24.8 Å². The van der Waals surface area contributed by atoms with Crippen LogP contribution in [-0.2, 0) is 0 Å². The summed E-state index contributed by atoms with van der Waals surface area (Å²) in [6.07, 6.45) is 3.99. The normalized spacial score (nSPS) is 32.5. The van der Waals surface area contributed by atoms with Gasteiger partial charge in [-0.15, -0.1) is 0 Å². The monoisotopic (exact) mass is 219 g/mol. The molecule has 3 rings (SSSR count). The predicted octanol–water partition coefficient (Wildman–Crippen LogP) is 3.77. The zero-order chi connectivity index (χ0) is 11.1. The number of para-hydroxylation sites is 1. The van der Waals surface area contributed by atoms with Crippen LogP contribution in [0.1, 0.15) is 37.7 Å². The molecular weight excluding hydrogens is 201 g/mol. The molecule has 86 valence electrons. The van der Waals surface area contributed by atoms with Crippen molar-refractivity contribution in [2.75, 3.05) is 11.9 Å². The van der Waals surface area contributed by atoms with Crippen molar-refractivity contribution in [3.63, 3.8) is 0 Å². The molecule has 1 N–H and O–H groups in total. The Bertz CT molecular complexity index is 402. The molecular formula is C14H18FN. The zero-order valence-electron chi connectivity index (χ0n) is 9.67. The number of nitrogens with one attached hydrogen (secondary N) is 1. The van der Waals surface area contributed by atoms with E-state index in [-0.39, 0.29) is 5.82 Å². The van der Waals surface area contributed by atoms with Crippen LogP contribution in [0.2, 0.25) is 0 Å². The van der Waals surface area contributed by atoms with Gasteiger partial charge in [0.1, 0.15) is 5.82 Å². The first-order chi connectivity index (χ1) is 7.77. The largest absolute Gasteiger partial charge is 0.382 e. The first-order valence-corrected chi connectivity index (χ1v) is 6.29. The van der Waals surface area contributed by atoms with E-state index in [0.717, 1.165) is 24.1 Å². The summed E-state index contributed by atoms with van der Waals surface area (Å²) in [7, 11) is 0. The fourth-order valence-corrected chi connectivity index (χ4v) is 3.51. The van der Waals surface area contributed by atoms with Gasteiger partial charge in [0.05, 0.1) is 5.69 Å². The quantitative estimate of drug-likeness (QED) is 0.758. The highest BCUT2D eigenvalue weighted by atomic mass is 19.1. The van der Waals surface area contributed by atoms with Gasteiger partial charge in [0.25, 0.3) is 0 Å². The molecule has 1 nitrogen and oxygen atoms in total. The smallest absolute Gasteiger partial charge is 0.146 e. The molecule has 2 aliphatic rings. The van der Waals surface area contributed by atoms with Gasteiger partial charge >= 0.3 is 0 Å². The molecule has 0 saturated heterocycles. The van der Waals surface area contributed by atoms with E-state index in [0.29, 0.717) is 5.92 Å². The summed E-state index contributed by atoms with van der Waals surface area (Å²) >= 11 is 0. The summed E-state index contributed by atoms with van der Waals surface area (Å²) in [4.78, 5) is 0. The predicted molar refractivity (Wildman–Crippen MR) is 64.1 cm³/mol. The molecule has 16 heavy (non-hydrogen) atoms. The number of hydrogen-bond donors (Lipinski definition) is 1. The minimum Gasteiger partial charge on any atom is -0.382 e. The Morgan fingerprint density at radius 2 is 2.19 bits per heavy atom. The Morgan fingerprint density at radius 1 is 1.31 bits per heavy atom. The van der Waals surface area contributed by atoms with Crippen molar-refractivity contribution in [1.29, 1.82) is 0 Å². The van der Waals surface area contributed by atoms with E-state index < -0.39 is 0 Å². The summed E-state index contributed by atoms with van der Waals surface area (Å²) in [5.74, 6) is 1.98. The summed E-state index contributed by atoms with van der Waals surface area (Å²) in [5, 5.41) is 3.24. The lowest BCUT2D eigenvalue weighted by atomic mass is 9.81. The third-order valence-electron chi connectivity index (χ3n) is 4.39. The summed E-state index contributed by atoms with van der Waals surface area (Å²) in [5.41, 5.74) is 1.96. The van der Waals surface area contributed by atoms with Crippen LogP contribution in [0.4, 0.5) is 10.1 Å². The van der Waals surface area contributed by atoms with Gasteiger partial charge in [-0.2, -0.15) is 0 Å². The first-order valence-electron chi connectivity index (χ1n) is 6.29. The maximum absolute atomic E-state index is 13.6. The van der Waals surface area contributed by atoms with Crippen molar-refractivity contribution in [1.82, 2.24) is 0 Å². The minimum atomic E-state index is -0.0920. The molecule has 0 radical (unpaired) electrons. The van der Waals surface area contributed by atoms with Gasteiger partial charge in [0, 0.05) is 12.5 Å². The van der Waals surface area contributed by atoms with E-state index >= 15 is 0 Å². The lowest BCUT2D eigenvalue weighted by Crippen LogP contribution is -2.17. The van der Waals surface area contributed by atoms with Crippen molar-refractivity contribution < 1.29 is 4.39 Å². The van der Waals surface area contributed by atoms with Gasteiger partial charge in [-0.25, -0.2) is 4.39 Å². The van der Waals surface area contributed by atoms with Gasteiger partial charge in [0.15, 0.2) is 0 Å². The average molecular weight is 219 g/mol. The van der Waals surface area contributed by atoms with Crippen molar-refractivity contribution in [3.05, 3.63) is 29.6 Å². The van der Waals surface area contributed by atoms with Crippen LogP contribution < -0.4 is 5.32 Å². The SMILES string of the molecule is CC1CCCC1C1CNc2c(F)cccc21. The Labute approximate surface area is 96.1 Å². The molecule has 1 aromatic rings. The summed E-state index contributed by atoms with van der Waals surface area (Å²) < 4.78 is 13.6. The van der Waals surface area contributed by atoms with E-state index in [1.807, 2.05) is 6.07 Å². The summed E-state index contributed by atoms with van der Waals surface area (Å²) in [6, 6.07) is 5.48. The molecule has 1 saturated carbocycles. The molecule has 0 spiro atoms. The summed E-state index contributed by atoms with van der Waals surface area (Å²) in [6.45, 7) is 3.26. The van der Waals surface area contributed by atoms with E-state index in [4.69, 9.17) is 0 Å². The van der Waals surface area contributed by atoms with Crippen LogP contribution in [0.5, 0.6) is 0 Å². The maximum Gasteiger partial charge on any atom is 0.146 e. The van der Waals surface area contributed by atoms with Crippen LogP contribution in [-0.4, -0.2) is 6.54 Å². The van der Waals surface area contributed by atoms with Crippen LogP contribution in [0.25, 0.3) is 0 Å². The van der Waals surface area contributed by atoms with Crippen LogP contribution in [0, 0.1) is 17.7 Å². The molecule has 2 heteroatoms. The van der Waals surface area contributed by atoms with Crippen LogP contribution in [0.15, 0.2) is 18.2 Å². The Balaban J connectivity index is 1.94. The highest BCUT2D eigenvalue weighted by Gasteiger charge is 2.36. The second-order valence-corrected chi connectivity index (χ2v) is 5.26. The fraction of sp³-hybridized carbons (Fsp3) is 0.571. The van der Waals surface area contributed by atoms with Crippen LogP contribution in [0.3, 0.4) is 0 Å². The molecule has 0 amide bonds. The zero-order valence-corrected chi connectivity index (χ0v) is 9.67. The third-order valence-corrected chi connectivity index (χ3v) is 4.39. The second-order valence-electron chi connectivity index (χ2n) is 5.26. The minimum absolute atomic E-state index is 0.0920. The highest BCUT2D eigenvalue weighted by Crippen LogP contribution is 2.46. The Kier molecular flexibility index (Phi) is 2.38. The second kappa shape index (κ2) is 3.76. The first kappa shape index (κ1) is 10.1. The topological polar surface area (TPSA) is 12.0 Å². The Hall–Kier alpha value is -1.05. The standard InChI is InChI=1S/C14H18FN/c1-9-4-2-5-10(9)12-8-16-14-11(12)6-3-7-13(14)15/h3,6-7,9-10,12,16H,2,4-5,8H2,1H3. The van der Waals surface area contributed by atoms with E-state index in [1.54, 1.807) is 6.07 Å². The Morgan fingerprint density at radius 3 is 2.94 bits per heavy atom. The van der Waals surface area contributed by atoms with Gasteiger partial charge in [0.2, 0.25) is 0 Å². The lowest BCUT2D eigenvalue weighted by Gasteiger charge is -2.22. The number of benzene rings is 1. The number of hydrogen-bond acceptors (Lipinski definition) is 1. The molecule has 1 heterocycles. The average Bonchev–Trinajstić information content (AvgIpc) is 2.84. The maximum atomic E-state index is 13.6.